The highest BCUT2D eigenvalue weighted by Crippen LogP contribution is 2.18. The Balaban J connectivity index is 3.98. The molecule has 0 bridgehead atoms. The molecule has 104 valence electrons. The smallest absolute Gasteiger partial charge is 0.334 e. The van der Waals surface area contributed by atoms with E-state index in [1.54, 1.807) is 0 Å². The molecule has 0 saturated heterocycles. The lowest BCUT2D eigenvalue weighted by molar-refractivity contribution is 0.172. The Kier molecular flexibility index (Phi) is 10.1. The van der Waals surface area contributed by atoms with Crippen molar-refractivity contribution in [3.05, 3.63) is 0 Å². The van der Waals surface area contributed by atoms with E-state index in [9.17, 15) is 0 Å². The van der Waals surface area contributed by atoms with Gasteiger partial charge in [0.25, 0.3) is 0 Å². The van der Waals surface area contributed by atoms with Crippen molar-refractivity contribution in [3.8, 4) is 0 Å². The Hall–Kier alpha value is 0.0569. The predicted octanol–water partition coefficient (Wildman–Crippen LogP) is 1.98. The second-order valence-electron chi connectivity index (χ2n) is 4.72. The van der Waals surface area contributed by atoms with Crippen molar-refractivity contribution in [2.45, 2.75) is 58.2 Å². The monoisotopic (exact) mass is 262 g/mol. The molecule has 0 spiro atoms. The maximum absolute atomic E-state index is 5.94. The number of hydrogen-bond acceptors (Lipinski definition) is 4. The van der Waals surface area contributed by atoms with Crippen LogP contribution in [-0.2, 0) is 8.85 Å². The largest absolute Gasteiger partial charge is 0.394 e. The fraction of sp³-hybridized carbons (Fsp3) is 1.00. The maximum atomic E-state index is 5.94. The van der Waals surface area contributed by atoms with E-state index in [1.807, 2.05) is 0 Å². The predicted molar refractivity (Wildman–Crippen MR) is 75.2 cm³/mol. The molecule has 0 aliphatic rings. The zero-order valence-electron chi connectivity index (χ0n) is 11.7. The minimum Gasteiger partial charge on any atom is -0.394 e. The molecule has 17 heavy (non-hydrogen) atoms. The van der Waals surface area contributed by atoms with Gasteiger partial charge in [-0.25, -0.2) is 0 Å². The molecule has 1 atom stereocenters. The van der Waals surface area contributed by atoms with Crippen molar-refractivity contribution >= 4 is 8.56 Å². The molecule has 1 unspecified atom stereocenters. The summed E-state index contributed by atoms with van der Waals surface area (Å²) in [7, 11) is -1.97. The summed E-state index contributed by atoms with van der Waals surface area (Å²) in [5.41, 5.74) is 11.3. The minimum atomic E-state index is -1.97. The van der Waals surface area contributed by atoms with Crippen LogP contribution in [0.2, 0.25) is 12.6 Å². The highest BCUT2D eigenvalue weighted by atomic mass is 28.4. The first-order valence-corrected chi connectivity index (χ1v) is 9.34. The summed E-state index contributed by atoms with van der Waals surface area (Å²) < 4.78 is 11.9. The quantitative estimate of drug-likeness (QED) is 0.559. The first-order chi connectivity index (χ1) is 8.08. The first-order valence-electron chi connectivity index (χ1n) is 6.81. The molecule has 0 aromatic carbocycles. The molecule has 4 N–H and O–H groups in total. The molecule has 5 heteroatoms. The molecular formula is C12H30N2O2Si. The molecule has 0 aromatic rings. The molecular weight excluding hydrogens is 232 g/mol. The van der Waals surface area contributed by atoms with Crippen LogP contribution < -0.4 is 11.5 Å². The molecule has 0 aliphatic heterocycles. The summed E-state index contributed by atoms with van der Waals surface area (Å²) in [6, 6.07) is 1.13. The first kappa shape index (κ1) is 17.1. The lowest BCUT2D eigenvalue weighted by atomic mass is 10.2. The van der Waals surface area contributed by atoms with Gasteiger partial charge in [0.1, 0.15) is 0 Å². The van der Waals surface area contributed by atoms with Gasteiger partial charge < -0.3 is 20.3 Å². The normalized spacial score (nSPS) is 13.9. The van der Waals surface area contributed by atoms with E-state index in [2.05, 4.69) is 20.4 Å². The summed E-state index contributed by atoms with van der Waals surface area (Å²) in [5, 5.41) is 0. The molecule has 4 nitrogen and oxygen atoms in total. The number of rotatable bonds is 11. The van der Waals surface area contributed by atoms with Crippen molar-refractivity contribution in [1.82, 2.24) is 0 Å². The van der Waals surface area contributed by atoms with E-state index in [4.69, 9.17) is 20.3 Å². The van der Waals surface area contributed by atoms with Crippen LogP contribution >= 0.6 is 0 Å². The van der Waals surface area contributed by atoms with Gasteiger partial charge in [0.2, 0.25) is 0 Å². The van der Waals surface area contributed by atoms with Crippen LogP contribution in [0.25, 0.3) is 0 Å². The molecule has 0 rings (SSSR count). The van der Waals surface area contributed by atoms with Gasteiger partial charge in [-0.15, -0.1) is 0 Å². The van der Waals surface area contributed by atoms with Crippen molar-refractivity contribution in [3.63, 3.8) is 0 Å². The number of nitrogens with two attached hydrogens (primary N) is 2. The molecule has 0 aliphatic carbocycles. The third-order valence-corrected chi connectivity index (χ3v) is 5.62. The highest BCUT2D eigenvalue weighted by molar-refractivity contribution is 6.66. The molecule has 0 fully saturated rings. The number of hydrogen-bond donors (Lipinski definition) is 2. The Bertz CT molecular complexity index is 174. The van der Waals surface area contributed by atoms with E-state index in [1.165, 1.54) is 0 Å². The summed E-state index contributed by atoms with van der Waals surface area (Å²) in [4.78, 5) is 0. The summed E-state index contributed by atoms with van der Waals surface area (Å²) >= 11 is 0. The molecule has 0 aromatic heterocycles. The third kappa shape index (κ3) is 8.74. The third-order valence-electron chi connectivity index (χ3n) is 2.73. The van der Waals surface area contributed by atoms with Crippen molar-refractivity contribution in [1.29, 1.82) is 0 Å². The van der Waals surface area contributed by atoms with Gasteiger partial charge in [0.05, 0.1) is 0 Å². The molecule has 0 amide bonds. The zero-order chi connectivity index (χ0) is 13.1. The molecule has 0 radical (unpaired) electrons. The van der Waals surface area contributed by atoms with E-state index < -0.39 is 8.56 Å². The molecule has 0 heterocycles. The topological polar surface area (TPSA) is 70.5 Å². The average molecular weight is 262 g/mol. The second kappa shape index (κ2) is 10.0. The Morgan fingerprint density at radius 2 is 1.65 bits per heavy atom. The average Bonchev–Trinajstić information content (AvgIpc) is 2.34. The van der Waals surface area contributed by atoms with Crippen LogP contribution in [0.3, 0.4) is 0 Å². The van der Waals surface area contributed by atoms with Crippen LogP contribution in [0.4, 0.5) is 0 Å². The van der Waals surface area contributed by atoms with Crippen LogP contribution in [0.15, 0.2) is 0 Å². The lowest BCUT2D eigenvalue weighted by Gasteiger charge is -2.27. The highest BCUT2D eigenvalue weighted by Gasteiger charge is 2.30. The Morgan fingerprint density at radius 3 is 2.06 bits per heavy atom. The van der Waals surface area contributed by atoms with Crippen LogP contribution in [-0.4, -0.2) is 34.4 Å². The van der Waals surface area contributed by atoms with Crippen LogP contribution in [0.5, 0.6) is 0 Å². The fourth-order valence-electron chi connectivity index (χ4n) is 1.63. The van der Waals surface area contributed by atoms with Crippen molar-refractivity contribution < 1.29 is 8.85 Å². The van der Waals surface area contributed by atoms with E-state index in [0.717, 1.165) is 44.9 Å². The van der Waals surface area contributed by atoms with Crippen LogP contribution in [0, 0.1) is 0 Å². The van der Waals surface area contributed by atoms with E-state index in [-0.39, 0.29) is 6.04 Å². The minimum absolute atomic E-state index is 0.116. The van der Waals surface area contributed by atoms with Crippen molar-refractivity contribution in [2.24, 2.45) is 11.5 Å². The summed E-state index contributed by atoms with van der Waals surface area (Å²) in [6.45, 7) is 8.57. The molecule has 0 saturated carbocycles. The van der Waals surface area contributed by atoms with Gasteiger partial charge in [0, 0.05) is 25.8 Å². The Labute approximate surface area is 107 Å². The lowest BCUT2D eigenvalue weighted by Crippen LogP contribution is -2.40. The SMILES string of the molecule is CCCO[Si](C)(CCCC(N)CN)OCCC. The van der Waals surface area contributed by atoms with Gasteiger partial charge in [-0.1, -0.05) is 13.8 Å². The fourth-order valence-corrected chi connectivity index (χ4v) is 4.12. The summed E-state index contributed by atoms with van der Waals surface area (Å²) in [6.07, 6.45) is 4.10. The van der Waals surface area contributed by atoms with Gasteiger partial charge in [-0.3, -0.25) is 0 Å². The van der Waals surface area contributed by atoms with Gasteiger partial charge in [0.15, 0.2) is 0 Å². The maximum Gasteiger partial charge on any atom is 0.334 e. The van der Waals surface area contributed by atoms with Gasteiger partial charge in [-0.2, -0.15) is 0 Å². The second-order valence-corrected chi connectivity index (χ2v) is 8.06. The summed E-state index contributed by atoms with van der Waals surface area (Å²) in [5.74, 6) is 0. The Morgan fingerprint density at radius 1 is 1.12 bits per heavy atom. The van der Waals surface area contributed by atoms with E-state index >= 15 is 0 Å². The van der Waals surface area contributed by atoms with Gasteiger partial charge in [-0.05, 0) is 38.3 Å². The zero-order valence-corrected chi connectivity index (χ0v) is 12.7. The van der Waals surface area contributed by atoms with Gasteiger partial charge >= 0.3 is 8.56 Å². The van der Waals surface area contributed by atoms with E-state index in [0.29, 0.717) is 6.54 Å². The van der Waals surface area contributed by atoms with Crippen LogP contribution in [0.1, 0.15) is 39.5 Å². The van der Waals surface area contributed by atoms with Crippen molar-refractivity contribution in [2.75, 3.05) is 19.8 Å². The standard InChI is InChI=1S/C12H30N2O2Si/c1-4-8-15-17(3,16-9-5-2)10-6-7-12(14)11-13/h12H,4-11,13-14H2,1-3H3.